The Bertz CT molecular complexity index is 1200. The molecule has 9 heteroatoms. The van der Waals surface area contributed by atoms with E-state index in [4.69, 9.17) is 15.7 Å². The lowest BCUT2D eigenvalue weighted by molar-refractivity contribution is 0.0702. The van der Waals surface area contributed by atoms with E-state index in [0.29, 0.717) is 41.7 Å². The van der Waals surface area contributed by atoms with Gasteiger partial charge in [0.25, 0.3) is 5.91 Å². The smallest absolute Gasteiger partial charge is 0.274 e. The number of piperidine rings is 1. The van der Waals surface area contributed by atoms with Crippen molar-refractivity contribution in [3.63, 3.8) is 0 Å². The van der Waals surface area contributed by atoms with Crippen LogP contribution < -0.4 is 10.5 Å². The molecule has 0 bridgehead atoms. The Morgan fingerprint density at radius 2 is 2.16 bits per heavy atom. The maximum Gasteiger partial charge on any atom is 0.274 e. The second kappa shape index (κ2) is 8.77. The number of carbonyl (C=O) groups is 1. The summed E-state index contributed by atoms with van der Waals surface area (Å²) in [6.07, 6.45) is 3.31. The molecule has 1 aliphatic rings. The number of nitrogens with zero attached hydrogens (tertiary/aromatic N) is 5. The number of hydrogen-bond donors (Lipinski definition) is 1. The summed E-state index contributed by atoms with van der Waals surface area (Å²) in [6.45, 7) is 2.87. The molecule has 32 heavy (non-hydrogen) atoms. The number of nitrogens with two attached hydrogens (primary N) is 1. The van der Waals surface area contributed by atoms with Crippen LogP contribution in [-0.2, 0) is 0 Å². The Hall–Kier alpha value is -3.77. The molecule has 4 rings (SSSR count). The van der Waals surface area contributed by atoms with Crippen LogP contribution in [0.3, 0.4) is 0 Å². The van der Waals surface area contributed by atoms with Crippen molar-refractivity contribution in [2.75, 3.05) is 20.2 Å². The highest BCUT2D eigenvalue weighted by atomic mass is 19.1. The molecule has 0 spiro atoms. The van der Waals surface area contributed by atoms with Gasteiger partial charge in [0.1, 0.15) is 23.4 Å². The lowest BCUT2D eigenvalue weighted by Gasteiger charge is -2.30. The Morgan fingerprint density at radius 3 is 2.78 bits per heavy atom. The van der Waals surface area contributed by atoms with Gasteiger partial charge < -0.3 is 15.4 Å². The third-order valence-electron chi connectivity index (χ3n) is 5.59. The van der Waals surface area contributed by atoms with Crippen LogP contribution >= 0.6 is 0 Å². The number of methoxy groups -OCH3 is 1. The number of rotatable bonds is 4. The zero-order valence-electron chi connectivity index (χ0n) is 17.9. The number of ether oxygens (including phenoxy) is 1. The van der Waals surface area contributed by atoms with Gasteiger partial charge >= 0.3 is 0 Å². The molecule has 1 fully saturated rings. The first kappa shape index (κ1) is 21.5. The third-order valence-corrected chi connectivity index (χ3v) is 5.59. The molecule has 0 unspecified atom stereocenters. The van der Waals surface area contributed by atoms with Gasteiger partial charge in [-0.05, 0) is 44.0 Å². The van der Waals surface area contributed by atoms with Crippen LogP contribution in [-0.4, -0.2) is 51.6 Å². The average molecular weight is 434 g/mol. The van der Waals surface area contributed by atoms with Gasteiger partial charge in [-0.3, -0.25) is 9.36 Å². The molecule has 164 valence electrons. The molecule has 1 amide bonds. The van der Waals surface area contributed by atoms with Gasteiger partial charge in [0, 0.05) is 30.8 Å². The molecule has 1 aromatic carbocycles. The van der Waals surface area contributed by atoms with E-state index in [-0.39, 0.29) is 23.2 Å². The topological polar surface area (TPSA) is 110 Å². The number of pyridine rings is 1. The largest absolute Gasteiger partial charge is 0.481 e. The van der Waals surface area contributed by atoms with Crippen LogP contribution in [0.5, 0.6) is 5.88 Å². The quantitative estimate of drug-likeness (QED) is 0.676. The number of likely N-dealkylation sites (tertiary alicyclic amines) is 1. The Morgan fingerprint density at radius 1 is 1.34 bits per heavy atom. The van der Waals surface area contributed by atoms with E-state index >= 15 is 0 Å². The normalized spacial score (nSPS) is 16.0. The van der Waals surface area contributed by atoms with Gasteiger partial charge in [0.05, 0.1) is 30.3 Å². The first-order chi connectivity index (χ1) is 15.4. The molecule has 8 nitrogen and oxygen atoms in total. The number of nitriles is 1. The first-order valence-electron chi connectivity index (χ1n) is 10.3. The van der Waals surface area contributed by atoms with E-state index in [1.807, 2.05) is 6.07 Å². The highest BCUT2D eigenvalue weighted by Crippen LogP contribution is 2.29. The predicted octanol–water partition coefficient (Wildman–Crippen LogP) is 2.83. The van der Waals surface area contributed by atoms with Crippen molar-refractivity contribution in [3.05, 3.63) is 59.3 Å². The molecular formula is C23H23FN6O2. The van der Waals surface area contributed by atoms with Crippen LogP contribution in [0.4, 0.5) is 4.39 Å². The van der Waals surface area contributed by atoms with E-state index in [0.717, 1.165) is 12.8 Å². The van der Waals surface area contributed by atoms with Crippen molar-refractivity contribution < 1.29 is 13.9 Å². The van der Waals surface area contributed by atoms with E-state index in [9.17, 15) is 9.18 Å². The van der Waals surface area contributed by atoms with Crippen molar-refractivity contribution in [2.45, 2.75) is 25.8 Å². The number of aromatic nitrogens is 3. The van der Waals surface area contributed by atoms with Gasteiger partial charge in [-0.2, -0.15) is 5.26 Å². The maximum absolute atomic E-state index is 14.4. The van der Waals surface area contributed by atoms with Crippen molar-refractivity contribution >= 4 is 5.91 Å². The average Bonchev–Trinajstić information content (AvgIpc) is 3.15. The monoisotopic (exact) mass is 434 g/mol. The zero-order chi connectivity index (χ0) is 22.8. The van der Waals surface area contributed by atoms with E-state index in [2.05, 4.69) is 9.97 Å². The number of hydrogen-bond acceptors (Lipinski definition) is 6. The molecule has 2 aromatic heterocycles. The van der Waals surface area contributed by atoms with E-state index < -0.39 is 5.82 Å². The Kier molecular flexibility index (Phi) is 5.88. The summed E-state index contributed by atoms with van der Waals surface area (Å²) in [6, 6.07) is 9.50. The predicted molar refractivity (Wildman–Crippen MR) is 116 cm³/mol. The summed E-state index contributed by atoms with van der Waals surface area (Å²) in [4.78, 5) is 23.9. The second-order valence-electron chi connectivity index (χ2n) is 7.72. The van der Waals surface area contributed by atoms with Crippen LogP contribution in [0.25, 0.3) is 17.1 Å². The van der Waals surface area contributed by atoms with Crippen molar-refractivity contribution in [1.29, 1.82) is 5.26 Å². The minimum Gasteiger partial charge on any atom is -0.481 e. The standard InChI is InChI=1S/C23H23FN6O2/c1-14-21(23(31)29-9-3-4-17(26)13-29)28-22(15-5-6-16(11-25)19(24)10-15)30(14)18-7-8-20(32-2)27-12-18/h5-8,10,12,17H,3-4,9,13,26H2,1-2H3/t17-/m0/s1. The minimum atomic E-state index is -0.653. The molecule has 0 radical (unpaired) electrons. The number of imidazole rings is 1. The lowest BCUT2D eigenvalue weighted by Crippen LogP contribution is -2.46. The first-order valence-corrected chi connectivity index (χ1v) is 10.3. The van der Waals surface area contributed by atoms with Crippen LogP contribution in [0.2, 0.25) is 0 Å². The van der Waals surface area contributed by atoms with Gasteiger partial charge in [0.15, 0.2) is 0 Å². The number of halogens is 1. The van der Waals surface area contributed by atoms with Gasteiger partial charge in [-0.15, -0.1) is 0 Å². The molecule has 3 heterocycles. The molecule has 1 atom stereocenters. The maximum atomic E-state index is 14.4. The number of benzene rings is 1. The molecule has 0 saturated carbocycles. The fourth-order valence-electron chi connectivity index (χ4n) is 3.93. The molecule has 3 aromatic rings. The fourth-order valence-corrected chi connectivity index (χ4v) is 3.93. The van der Waals surface area contributed by atoms with Gasteiger partial charge in [-0.1, -0.05) is 0 Å². The minimum absolute atomic E-state index is 0.0618. The second-order valence-corrected chi connectivity index (χ2v) is 7.72. The number of carbonyl (C=O) groups excluding carboxylic acids is 1. The SMILES string of the molecule is COc1ccc(-n2c(-c3ccc(C#N)c(F)c3)nc(C(=O)N3CCC[C@H](N)C3)c2C)cn1. The zero-order valence-corrected chi connectivity index (χ0v) is 17.9. The molecule has 2 N–H and O–H groups in total. The Balaban J connectivity index is 1.85. The highest BCUT2D eigenvalue weighted by Gasteiger charge is 2.28. The summed E-state index contributed by atoms with van der Waals surface area (Å²) >= 11 is 0. The van der Waals surface area contributed by atoms with Gasteiger partial charge in [0.2, 0.25) is 5.88 Å². The molecule has 1 aliphatic heterocycles. The Labute approximate surface area is 185 Å². The van der Waals surface area contributed by atoms with Gasteiger partial charge in [-0.25, -0.2) is 14.4 Å². The summed E-state index contributed by atoms with van der Waals surface area (Å²) in [5.74, 6) is -0.0493. The summed E-state index contributed by atoms with van der Waals surface area (Å²) in [7, 11) is 1.52. The van der Waals surface area contributed by atoms with Crippen LogP contribution in [0, 0.1) is 24.1 Å². The lowest BCUT2D eigenvalue weighted by atomic mass is 10.1. The summed E-state index contributed by atoms with van der Waals surface area (Å²) in [5, 5.41) is 9.06. The van der Waals surface area contributed by atoms with Crippen LogP contribution in [0.1, 0.15) is 34.6 Å². The van der Waals surface area contributed by atoms with Crippen molar-refractivity contribution in [1.82, 2.24) is 19.4 Å². The van der Waals surface area contributed by atoms with Crippen molar-refractivity contribution in [2.24, 2.45) is 5.73 Å². The van der Waals surface area contributed by atoms with E-state index in [1.54, 1.807) is 40.8 Å². The summed E-state index contributed by atoms with van der Waals surface area (Å²) < 4.78 is 21.3. The molecular weight excluding hydrogens is 411 g/mol. The fraction of sp³-hybridized carbons (Fsp3) is 0.304. The highest BCUT2D eigenvalue weighted by molar-refractivity contribution is 5.94. The summed E-state index contributed by atoms with van der Waals surface area (Å²) in [5.41, 5.74) is 7.95. The van der Waals surface area contributed by atoms with E-state index in [1.165, 1.54) is 19.2 Å². The molecule has 1 saturated heterocycles. The third kappa shape index (κ3) is 3.92. The number of amides is 1. The van der Waals surface area contributed by atoms with Crippen LogP contribution in [0.15, 0.2) is 36.5 Å². The van der Waals surface area contributed by atoms with Crippen molar-refractivity contribution in [3.8, 4) is 29.0 Å². The molecule has 0 aliphatic carbocycles.